The van der Waals surface area contributed by atoms with E-state index in [9.17, 15) is 9.90 Å². The van der Waals surface area contributed by atoms with Gasteiger partial charge in [-0.25, -0.2) is 4.98 Å². The summed E-state index contributed by atoms with van der Waals surface area (Å²) in [5, 5.41) is 10.7. The molecule has 0 amide bonds. The lowest BCUT2D eigenvalue weighted by molar-refractivity contribution is 0.479. The van der Waals surface area contributed by atoms with Crippen molar-refractivity contribution >= 4 is 37.7 Å². The van der Waals surface area contributed by atoms with Crippen LogP contribution >= 0.6 is 11.3 Å². The summed E-state index contributed by atoms with van der Waals surface area (Å²) >= 11 is 1.16. The first kappa shape index (κ1) is 12.8. The molecule has 3 N–H and O–H groups in total. The van der Waals surface area contributed by atoms with E-state index < -0.39 is 0 Å². The number of nitrogens with two attached hydrogens (primary N) is 1. The van der Waals surface area contributed by atoms with E-state index in [1.807, 2.05) is 30.3 Å². The number of nitrogens with zero attached hydrogens (tertiary/aromatic N) is 1. The van der Waals surface area contributed by atoms with Crippen molar-refractivity contribution in [3.05, 3.63) is 52.7 Å². The quantitative estimate of drug-likeness (QED) is 0.562. The summed E-state index contributed by atoms with van der Waals surface area (Å²) in [6, 6.07) is 12.2. The predicted molar refractivity (Wildman–Crippen MR) is 87.2 cm³/mol. The summed E-state index contributed by atoms with van der Waals surface area (Å²) in [6.45, 7) is 0. The van der Waals surface area contributed by atoms with Gasteiger partial charge < -0.3 is 15.3 Å². The zero-order chi connectivity index (χ0) is 15.3. The Morgan fingerprint density at radius 1 is 1.18 bits per heavy atom. The number of benzene rings is 2. The van der Waals surface area contributed by atoms with Crippen molar-refractivity contribution in [2.24, 2.45) is 0 Å². The number of phenolic OH excluding ortho intramolecular Hbond substituents is 1. The Morgan fingerprint density at radius 2 is 1.95 bits per heavy atom. The lowest BCUT2D eigenvalue weighted by atomic mass is 10.1. The van der Waals surface area contributed by atoms with Gasteiger partial charge in [0.15, 0.2) is 10.6 Å². The number of thiazole rings is 1. The molecule has 0 atom stereocenters. The second kappa shape index (κ2) is 4.57. The van der Waals surface area contributed by atoms with Crippen LogP contribution in [0.25, 0.3) is 32.5 Å². The first-order chi connectivity index (χ1) is 10.6. The van der Waals surface area contributed by atoms with Gasteiger partial charge in [-0.3, -0.25) is 4.79 Å². The molecule has 22 heavy (non-hydrogen) atoms. The molecular weight excluding hydrogens is 300 g/mol. The Kier molecular flexibility index (Phi) is 2.67. The fourth-order valence-corrected chi connectivity index (χ4v) is 3.35. The maximum atomic E-state index is 12.5. The largest absolute Gasteiger partial charge is 0.505 e. The smallest absolute Gasteiger partial charge is 0.194 e. The van der Waals surface area contributed by atoms with Crippen LogP contribution in [-0.2, 0) is 0 Å². The van der Waals surface area contributed by atoms with Crippen molar-refractivity contribution in [1.29, 1.82) is 0 Å². The first-order valence-corrected chi connectivity index (χ1v) is 7.36. The van der Waals surface area contributed by atoms with Crippen LogP contribution in [0.5, 0.6) is 5.75 Å². The molecule has 0 unspecified atom stereocenters. The Morgan fingerprint density at radius 3 is 2.73 bits per heavy atom. The monoisotopic (exact) mass is 310 g/mol. The van der Waals surface area contributed by atoms with E-state index in [4.69, 9.17) is 10.2 Å². The average molecular weight is 310 g/mol. The number of anilines is 1. The summed E-state index contributed by atoms with van der Waals surface area (Å²) in [5.74, 6) is 0.401. The summed E-state index contributed by atoms with van der Waals surface area (Å²) in [4.78, 5) is 16.6. The number of rotatable bonds is 1. The molecule has 0 aliphatic heterocycles. The standard InChI is InChI=1S/C16H10N2O3S/c17-16-18-14-10(20)7-12-13(15(14)22-16)9(19)6-11(21-12)8-4-2-1-3-5-8/h1-7,20H,(H2,17,18). The van der Waals surface area contributed by atoms with Crippen molar-refractivity contribution in [2.45, 2.75) is 0 Å². The number of aromatic hydroxyl groups is 1. The second-order valence-electron chi connectivity index (χ2n) is 4.84. The van der Waals surface area contributed by atoms with E-state index in [0.29, 0.717) is 32.1 Å². The van der Waals surface area contributed by atoms with Gasteiger partial charge in [0.2, 0.25) is 0 Å². The molecule has 2 aromatic carbocycles. The van der Waals surface area contributed by atoms with Crippen molar-refractivity contribution < 1.29 is 9.52 Å². The molecule has 0 radical (unpaired) electrons. The van der Waals surface area contributed by atoms with Crippen molar-refractivity contribution in [1.82, 2.24) is 4.98 Å². The molecule has 4 rings (SSSR count). The molecule has 0 spiro atoms. The van der Waals surface area contributed by atoms with Crippen LogP contribution in [0, 0.1) is 0 Å². The molecule has 0 bridgehead atoms. The van der Waals surface area contributed by atoms with Crippen LogP contribution < -0.4 is 11.2 Å². The van der Waals surface area contributed by atoms with Gasteiger partial charge in [-0.1, -0.05) is 41.7 Å². The van der Waals surface area contributed by atoms with Crippen LogP contribution in [0.3, 0.4) is 0 Å². The molecule has 108 valence electrons. The minimum atomic E-state index is -0.186. The summed E-state index contributed by atoms with van der Waals surface area (Å²) in [6.07, 6.45) is 0. The fraction of sp³-hybridized carbons (Fsp3) is 0. The molecule has 0 aliphatic carbocycles. The zero-order valence-corrected chi connectivity index (χ0v) is 12.1. The van der Waals surface area contributed by atoms with E-state index in [1.165, 1.54) is 12.1 Å². The van der Waals surface area contributed by atoms with Gasteiger partial charge in [-0.05, 0) is 0 Å². The van der Waals surface area contributed by atoms with E-state index in [0.717, 1.165) is 16.9 Å². The van der Waals surface area contributed by atoms with Gasteiger partial charge >= 0.3 is 0 Å². The predicted octanol–water partition coefficient (Wildman–Crippen LogP) is 3.36. The van der Waals surface area contributed by atoms with Crippen LogP contribution in [0.15, 0.2) is 51.7 Å². The average Bonchev–Trinajstić information content (AvgIpc) is 2.90. The molecule has 0 saturated carbocycles. The van der Waals surface area contributed by atoms with E-state index in [2.05, 4.69) is 4.98 Å². The molecule has 4 aromatic rings. The lowest BCUT2D eigenvalue weighted by Crippen LogP contribution is -2.00. The SMILES string of the molecule is Nc1nc2c(O)cc3oc(-c4ccccc4)cc(=O)c3c2s1. The third-order valence-corrected chi connectivity index (χ3v) is 4.32. The lowest BCUT2D eigenvalue weighted by Gasteiger charge is -2.04. The molecule has 5 nitrogen and oxygen atoms in total. The van der Waals surface area contributed by atoms with Gasteiger partial charge in [-0.2, -0.15) is 0 Å². The number of fused-ring (bicyclic) bond motifs is 3. The van der Waals surface area contributed by atoms with E-state index in [1.54, 1.807) is 0 Å². The molecule has 0 aliphatic rings. The molecule has 0 saturated heterocycles. The fourth-order valence-electron chi connectivity index (χ4n) is 2.45. The van der Waals surface area contributed by atoms with Gasteiger partial charge in [0.25, 0.3) is 0 Å². The van der Waals surface area contributed by atoms with Gasteiger partial charge in [0, 0.05) is 17.7 Å². The zero-order valence-electron chi connectivity index (χ0n) is 11.2. The van der Waals surface area contributed by atoms with Crippen LogP contribution in [0.1, 0.15) is 0 Å². The Balaban J connectivity index is 2.12. The Labute approximate surface area is 128 Å². The Hall–Kier alpha value is -2.86. The highest BCUT2D eigenvalue weighted by molar-refractivity contribution is 7.23. The Bertz CT molecular complexity index is 1070. The molecule has 0 fully saturated rings. The topological polar surface area (TPSA) is 89.3 Å². The highest BCUT2D eigenvalue weighted by Crippen LogP contribution is 2.36. The van der Waals surface area contributed by atoms with Gasteiger partial charge in [0.1, 0.15) is 22.6 Å². The van der Waals surface area contributed by atoms with Crippen molar-refractivity contribution in [3.63, 3.8) is 0 Å². The van der Waals surface area contributed by atoms with Crippen LogP contribution in [0.2, 0.25) is 0 Å². The highest BCUT2D eigenvalue weighted by Gasteiger charge is 2.16. The third kappa shape index (κ3) is 1.85. The maximum absolute atomic E-state index is 12.5. The molecular formula is C16H10N2O3S. The van der Waals surface area contributed by atoms with E-state index >= 15 is 0 Å². The van der Waals surface area contributed by atoms with Crippen LogP contribution in [0.4, 0.5) is 5.13 Å². The number of aromatic nitrogens is 1. The molecule has 2 aromatic heterocycles. The third-order valence-electron chi connectivity index (χ3n) is 3.41. The first-order valence-electron chi connectivity index (χ1n) is 6.55. The maximum Gasteiger partial charge on any atom is 0.194 e. The number of phenols is 1. The van der Waals surface area contributed by atoms with Crippen molar-refractivity contribution in [3.8, 4) is 17.1 Å². The highest BCUT2D eigenvalue weighted by atomic mass is 32.1. The summed E-state index contributed by atoms with van der Waals surface area (Å²) < 4.78 is 6.35. The number of hydrogen-bond donors (Lipinski definition) is 2. The van der Waals surface area contributed by atoms with Crippen molar-refractivity contribution in [2.75, 3.05) is 5.73 Å². The molecule has 6 heteroatoms. The number of nitrogen functional groups attached to an aromatic ring is 1. The summed E-state index contributed by atoms with van der Waals surface area (Å²) in [7, 11) is 0. The second-order valence-corrected chi connectivity index (χ2v) is 5.87. The van der Waals surface area contributed by atoms with E-state index in [-0.39, 0.29) is 11.2 Å². The van der Waals surface area contributed by atoms with Gasteiger partial charge in [-0.15, -0.1) is 0 Å². The normalized spacial score (nSPS) is 11.3. The summed E-state index contributed by atoms with van der Waals surface area (Å²) in [5.41, 5.74) is 6.94. The van der Waals surface area contributed by atoms with Crippen LogP contribution in [-0.4, -0.2) is 10.1 Å². The van der Waals surface area contributed by atoms with Gasteiger partial charge in [0.05, 0.1) is 10.1 Å². The minimum Gasteiger partial charge on any atom is -0.505 e. The minimum absolute atomic E-state index is 0.0520. The molecule has 2 heterocycles. The number of hydrogen-bond acceptors (Lipinski definition) is 6.